The summed E-state index contributed by atoms with van der Waals surface area (Å²) in [6.45, 7) is 3.18. The van der Waals surface area contributed by atoms with Gasteiger partial charge in [-0.05, 0) is 30.7 Å². The maximum absolute atomic E-state index is 12.1. The van der Waals surface area contributed by atoms with Gasteiger partial charge in [-0.2, -0.15) is 0 Å². The molecule has 0 aromatic heterocycles. The monoisotopic (exact) mass is 414 g/mol. The first-order valence-corrected chi connectivity index (χ1v) is 9.15. The maximum Gasteiger partial charge on any atom is 0.409 e. The van der Waals surface area contributed by atoms with E-state index in [2.05, 4.69) is 0 Å². The molecule has 1 fully saturated rings. The van der Waals surface area contributed by atoms with Crippen LogP contribution in [-0.4, -0.2) is 67.2 Å². The maximum atomic E-state index is 12.1. The van der Waals surface area contributed by atoms with Crippen LogP contribution in [0.25, 0.3) is 6.08 Å². The Morgan fingerprint density at radius 2 is 1.74 bits per heavy atom. The number of esters is 1. The fourth-order valence-electron chi connectivity index (χ4n) is 2.42. The Morgan fingerprint density at radius 3 is 2.37 bits per heavy atom. The number of carbonyl (C=O) groups is 3. The van der Waals surface area contributed by atoms with E-state index in [-0.39, 0.29) is 18.6 Å². The van der Waals surface area contributed by atoms with Crippen molar-refractivity contribution in [2.24, 2.45) is 0 Å². The minimum atomic E-state index is -0.653. The molecule has 1 aromatic carbocycles. The number of nitrogens with zero attached hydrogens (tertiary/aromatic N) is 2. The summed E-state index contributed by atoms with van der Waals surface area (Å²) < 4.78 is 9.89. The number of halogens is 2. The van der Waals surface area contributed by atoms with Gasteiger partial charge in [0.25, 0.3) is 5.91 Å². The van der Waals surface area contributed by atoms with Gasteiger partial charge in [-0.1, -0.05) is 29.3 Å². The second-order valence-corrected chi connectivity index (χ2v) is 6.52. The molecule has 2 rings (SSSR count). The van der Waals surface area contributed by atoms with Gasteiger partial charge in [0.05, 0.1) is 6.61 Å². The van der Waals surface area contributed by atoms with Crippen molar-refractivity contribution in [1.29, 1.82) is 0 Å². The van der Waals surface area contributed by atoms with E-state index < -0.39 is 5.97 Å². The lowest BCUT2D eigenvalue weighted by Crippen LogP contribution is -2.51. The Balaban J connectivity index is 1.76. The topological polar surface area (TPSA) is 76.2 Å². The van der Waals surface area contributed by atoms with Crippen LogP contribution < -0.4 is 0 Å². The zero-order valence-corrected chi connectivity index (χ0v) is 16.3. The van der Waals surface area contributed by atoms with Crippen LogP contribution in [0.2, 0.25) is 10.0 Å². The van der Waals surface area contributed by atoms with Crippen molar-refractivity contribution in [3.8, 4) is 0 Å². The van der Waals surface area contributed by atoms with E-state index >= 15 is 0 Å². The van der Waals surface area contributed by atoms with E-state index in [0.717, 1.165) is 0 Å². The summed E-state index contributed by atoms with van der Waals surface area (Å²) in [5.41, 5.74) is 0.611. The first-order valence-electron chi connectivity index (χ1n) is 8.40. The van der Waals surface area contributed by atoms with Gasteiger partial charge < -0.3 is 19.3 Å². The van der Waals surface area contributed by atoms with Crippen molar-refractivity contribution in [2.45, 2.75) is 6.92 Å². The predicted octanol–water partition coefficient (Wildman–Crippen LogP) is 2.85. The van der Waals surface area contributed by atoms with E-state index in [9.17, 15) is 14.4 Å². The fourth-order valence-corrected chi connectivity index (χ4v) is 2.89. The molecule has 7 nitrogen and oxygen atoms in total. The molecule has 9 heteroatoms. The van der Waals surface area contributed by atoms with E-state index in [1.807, 2.05) is 0 Å². The van der Waals surface area contributed by atoms with Crippen LogP contribution in [0.1, 0.15) is 12.5 Å². The SMILES string of the molecule is CCOC(=O)N1CCN(C(=O)COC(=O)/C=C/c2ccc(Cl)cc2Cl)CC1. The van der Waals surface area contributed by atoms with E-state index in [1.54, 1.807) is 30.0 Å². The molecule has 0 atom stereocenters. The van der Waals surface area contributed by atoms with Crippen LogP contribution in [0, 0.1) is 0 Å². The molecular weight excluding hydrogens is 395 g/mol. The molecule has 1 aromatic rings. The quantitative estimate of drug-likeness (QED) is 0.546. The molecule has 0 N–H and O–H groups in total. The summed E-state index contributed by atoms with van der Waals surface area (Å²) in [4.78, 5) is 38.6. The summed E-state index contributed by atoms with van der Waals surface area (Å²) in [5, 5.41) is 0.899. The summed E-state index contributed by atoms with van der Waals surface area (Å²) in [5.74, 6) is -0.968. The lowest BCUT2D eigenvalue weighted by Gasteiger charge is -2.33. The van der Waals surface area contributed by atoms with Gasteiger partial charge in [-0.25, -0.2) is 9.59 Å². The predicted molar refractivity (Wildman–Crippen MR) is 102 cm³/mol. The zero-order chi connectivity index (χ0) is 19.8. The van der Waals surface area contributed by atoms with Crippen LogP contribution in [-0.2, 0) is 19.1 Å². The van der Waals surface area contributed by atoms with Gasteiger partial charge in [-0.3, -0.25) is 4.79 Å². The van der Waals surface area contributed by atoms with Crippen molar-refractivity contribution in [1.82, 2.24) is 9.80 Å². The largest absolute Gasteiger partial charge is 0.452 e. The molecule has 146 valence electrons. The van der Waals surface area contributed by atoms with Crippen molar-refractivity contribution in [3.05, 3.63) is 39.9 Å². The zero-order valence-electron chi connectivity index (χ0n) is 14.8. The number of amides is 2. The van der Waals surface area contributed by atoms with Gasteiger partial charge in [0.2, 0.25) is 0 Å². The molecule has 1 saturated heterocycles. The van der Waals surface area contributed by atoms with Crippen molar-refractivity contribution >= 4 is 47.2 Å². The van der Waals surface area contributed by atoms with Gasteiger partial charge in [-0.15, -0.1) is 0 Å². The van der Waals surface area contributed by atoms with E-state index in [1.165, 1.54) is 17.1 Å². The Labute approximate surface area is 167 Å². The number of hydrogen-bond acceptors (Lipinski definition) is 5. The van der Waals surface area contributed by atoms with Crippen molar-refractivity contribution < 1.29 is 23.9 Å². The molecule has 1 heterocycles. The first kappa shape index (κ1) is 21.1. The molecule has 0 radical (unpaired) electrons. The van der Waals surface area contributed by atoms with Crippen LogP contribution in [0.3, 0.4) is 0 Å². The molecule has 0 bridgehead atoms. The van der Waals surface area contributed by atoms with Crippen LogP contribution in [0.4, 0.5) is 4.79 Å². The van der Waals surface area contributed by atoms with Gasteiger partial charge >= 0.3 is 12.1 Å². The van der Waals surface area contributed by atoms with E-state index in [0.29, 0.717) is 48.4 Å². The highest BCUT2D eigenvalue weighted by atomic mass is 35.5. The van der Waals surface area contributed by atoms with E-state index in [4.69, 9.17) is 32.7 Å². The molecule has 1 aliphatic rings. The minimum Gasteiger partial charge on any atom is -0.452 e. The second-order valence-electron chi connectivity index (χ2n) is 5.67. The van der Waals surface area contributed by atoms with Crippen molar-refractivity contribution in [2.75, 3.05) is 39.4 Å². The third-order valence-electron chi connectivity index (χ3n) is 3.86. The number of carbonyl (C=O) groups excluding carboxylic acids is 3. The average molecular weight is 415 g/mol. The number of hydrogen-bond donors (Lipinski definition) is 0. The summed E-state index contributed by atoms with van der Waals surface area (Å²) in [6, 6.07) is 4.88. The van der Waals surface area contributed by atoms with Gasteiger partial charge in [0.15, 0.2) is 6.61 Å². The molecule has 27 heavy (non-hydrogen) atoms. The number of ether oxygens (including phenoxy) is 2. The Kier molecular flexibility index (Phi) is 7.94. The number of benzene rings is 1. The number of rotatable bonds is 5. The summed E-state index contributed by atoms with van der Waals surface area (Å²) in [7, 11) is 0. The van der Waals surface area contributed by atoms with Gasteiger partial charge in [0.1, 0.15) is 0 Å². The normalized spacial score (nSPS) is 14.3. The highest BCUT2D eigenvalue weighted by molar-refractivity contribution is 6.35. The summed E-state index contributed by atoms with van der Waals surface area (Å²) in [6.07, 6.45) is 2.30. The standard InChI is InChI=1S/C18H20Cl2N2O5/c1-2-26-18(25)22-9-7-21(8-10-22)16(23)12-27-17(24)6-4-13-3-5-14(19)11-15(13)20/h3-6,11H,2,7-10,12H2,1H3/b6-4+. The molecule has 2 amide bonds. The molecule has 0 spiro atoms. The first-order chi connectivity index (χ1) is 12.9. The van der Waals surface area contributed by atoms with Crippen LogP contribution in [0.15, 0.2) is 24.3 Å². The second kappa shape index (κ2) is 10.2. The fraction of sp³-hybridized carbons (Fsp3) is 0.389. The molecule has 0 saturated carbocycles. The Bertz CT molecular complexity index is 730. The third-order valence-corrected chi connectivity index (χ3v) is 4.42. The lowest BCUT2D eigenvalue weighted by molar-refractivity contribution is -0.148. The Hall–Kier alpha value is -2.25. The highest BCUT2D eigenvalue weighted by Gasteiger charge is 2.25. The average Bonchev–Trinajstić information content (AvgIpc) is 2.65. The van der Waals surface area contributed by atoms with Gasteiger partial charge in [0, 0.05) is 42.3 Å². The molecule has 0 aliphatic carbocycles. The Morgan fingerprint density at radius 1 is 1.07 bits per heavy atom. The smallest absolute Gasteiger partial charge is 0.409 e. The third kappa shape index (κ3) is 6.45. The molecule has 1 aliphatic heterocycles. The van der Waals surface area contributed by atoms with Crippen LogP contribution >= 0.6 is 23.2 Å². The number of piperazine rings is 1. The van der Waals surface area contributed by atoms with Crippen molar-refractivity contribution in [3.63, 3.8) is 0 Å². The highest BCUT2D eigenvalue weighted by Crippen LogP contribution is 2.21. The molecular formula is C18H20Cl2N2O5. The summed E-state index contributed by atoms with van der Waals surface area (Å²) >= 11 is 11.8. The minimum absolute atomic E-state index is 0.308. The lowest BCUT2D eigenvalue weighted by atomic mass is 10.2. The molecule has 0 unspecified atom stereocenters. The van der Waals surface area contributed by atoms with Crippen LogP contribution in [0.5, 0.6) is 0 Å².